The average molecular weight is 449 g/mol. The molecule has 0 saturated heterocycles. The van der Waals surface area contributed by atoms with Crippen LogP contribution >= 0.6 is 11.6 Å². The van der Waals surface area contributed by atoms with Gasteiger partial charge in [0.1, 0.15) is 5.82 Å². The molecule has 158 valence electrons. The Morgan fingerprint density at radius 3 is 2.47 bits per heavy atom. The number of anilines is 2. The summed E-state index contributed by atoms with van der Waals surface area (Å²) in [6.45, 7) is 3.23. The Morgan fingerprint density at radius 1 is 1.17 bits per heavy atom. The lowest BCUT2D eigenvalue weighted by Crippen LogP contribution is -2.20. The number of amides is 1. The van der Waals surface area contributed by atoms with Gasteiger partial charge in [-0.15, -0.1) is 0 Å². The van der Waals surface area contributed by atoms with Gasteiger partial charge in [-0.3, -0.25) is 9.52 Å². The van der Waals surface area contributed by atoms with Crippen LogP contribution in [-0.2, 0) is 15.6 Å². The average Bonchev–Trinajstić information content (AvgIpc) is 3.06. The monoisotopic (exact) mass is 448 g/mol. The van der Waals surface area contributed by atoms with Gasteiger partial charge in [0.25, 0.3) is 5.91 Å². The van der Waals surface area contributed by atoms with Crippen molar-refractivity contribution in [3.05, 3.63) is 71.1 Å². The van der Waals surface area contributed by atoms with Crippen LogP contribution in [0.2, 0.25) is 5.02 Å². The summed E-state index contributed by atoms with van der Waals surface area (Å²) < 4.78 is 26.9. The molecule has 30 heavy (non-hydrogen) atoms. The van der Waals surface area contributed by atoms with E-state index in [9.17, 15) is 18.3 Å². The van der Waals surface area contributed by atoms with Crippen molar-refractivity contribution >= 4 is 38.9 Å². The third kappa shape index (κ3) is 5.38. The molecule has 0 saturated carbocycles. The summed E-state index contributed by atoms with van der Waals surface area (Å²) >= 11 is 6.05. The Morgan fingerprint density at radius 2 is 1.87 bits per heavy atom. The number of nitrogens with one attached hydrogen (secondary N) is 2. The van der Waals surface area contributed by atoms with E-state index in [1.165, 1.54) is 18.2 Å². The van der Waals surface area contributed by atoms with E-state index in [0.29, 0.717) is 17.2 Å². The van der Waals surface area contributed by atoms with Crippen LogP contribution in [0.5, 0.6) is 0 Å². The highest BCUT2D eigenvalue weighted by molar-refractivity contribution is 7.92. The van der Waals surface area contributed by atoms with E-state index in [2.05, 4.69) is 15.0 Å². The van der Waals surface area contributed by atoms with Gasteiger partial charge in [-0.25, -0.2) is 13.4 Å². The molecule has 1 amide bonds. The van der Waals surface area contributed by atoms with Gasteiger partial charge in [0.05, 0.1) is 28.8 Å². The van der Waals surface area contributed by atoms with Gasteiger partial charge in [-0.1, -0.05) is 17.7 Å². The van der Waals surface area contributed by atoms with Crippen molar-refractivity contribution in [3.8, 4) is 5.82 Å². The lowest BCUT2D eigenvalue weighted by Gasteiger charge is -2.19. The summed E-state index contributed by atoms with van der Waals surface area (Å²) in [6, 6.07) is 11.3. The van der Waals surface area contributed by atoms with Crippen LogP contribution < -0.4 is 10.0 Å². The van der Waals surface area contributed by atoms with Gasteiger partial charge in [0.15, 0.2) is 0 Å². The van der Waals surface area contributed by atoms with E-state index in [0.717, 1.165) is 6.26 Å². The minimum Gasteiger partial charge on any atom is -0.384 e. The molecule has 3 rings (SSSR count). The minimum atomic E-state index is -3.50. The Hall–Kier alpha value is -2.88. The molecule has 0 bridgehead atoms. The molecule has 0 unspecified atom stereocenters. The number of halogens is 1. The quantitative estimate of drug-likeness (QED) is 0.535. The summed E-state index contributed by atoms with van der Waals surface area (Å²) in [7, 11) is -3.50. The number of sulfonamides is 1. The molecule has 0 spiro atoms. The molecule has 0 atom stereocenters. The highest BCUT2D eigenvalue weighted by Gasteiger charge is 2.25. The maximum atomic E-state index is 12.8. The van der Waals surface area contributed by atoms with E-state index in [1.54, 1.807) is 55.1 Å². The van der Waals surface area contributed by atoms with E-state index >= 15 is 0 Å². The largest absolute Gasteiger partial charge is 0.384 e. The molecule has 3 N–H and O–H groups in total. The number of carbonyl (C=O) groups excluding carboxylic acids is 1. The SMILES string of the molecule is CC(C)(O)c1cc(C(=O)Nc2cc(Cl)cc(NS(C)(=O)=O)c2)cn1-c1ccccn1. The molecule has 8 nitrogen and oxygen atoms in total. The molecule has 1 aromatic carbocycles. The smallest absolute Gasteiger partial charge is 0.257 e. The molecule has 0 aliphatic carbocycles. The molecule has 0 aliphatic heterocycles. The van der Waals surface area contributed by atoms with Crippen molar-refractivity contribution in [2.75, 3.05) is 16.3 Å². The van der Waals surface area contributed by atoms with Crippen LogP contribution in [0.1, 0.15) is 29.9 Å². The number of aliphatic hydroxyl groups is 1. The Balaban J connectivity index is 1.94. The zero-order chi connectivity index (χ0) is 22.1. The normalized spacial score (nSPS) is 11.9. The topological polar surface area (TPSA) is 113 Å². The predicted molar refractivity (Wildman–Crippen MR) is 117 cm³/mol. The molecule has 2 heterocycles. The van der Waals surface area contributed by atoms with Gasteiger partial charge >= 0.3 is 0 Å². The van der Waals surface area contributed by atoms with Crippen LogP contribution in [0.3, 0.4) is 0 Å². The number of carbonyl (C=O) groups is 1. The fourth-order valence-electron chi connectivity index (χ4n) is 2.88. The maximum absolute atomic E-state index is 12.8. The van der Waals surface area contributed by atoms with Crippen LogP contribution in [0.4, 0.5) is 11.4 Å². The lowest BCUT2D eigenvalue weighted by molar-refractivity contribution is 0.0720. The van der Waals surface area contributed by atoms with E-state index in [4.69, 9.17) is 11.6 Å². The number of rotatable bonds is 6. The predicted octanol–water partition coefficient (Wildman–Crippen LogP) is 3.38. The van der Waals surface area contributed by atoms with Crippen LogP contribution in [0, 0.1) is 0 Å². The first kappa shape index (κ1) is 21.8. The van der Waals surface area contributed by atoms with Crippen molar-refractivity contribution in [1.82, 2.24) is 9.55 Å². The first-order valence-electron chi connectivity index (χ1n) is 8.89. The van der Waals surface area contributed by atoms with E-state index in [-0.39, 0.29) is 16.3 Å². The Bertz CT molecular complexity index is 1190. The zero-order valence-electron chi connectivity index (χ0n) is 16.5. The molecule has 3 aromatic rings. The van der Waals surface area contributed by atoms with Gasteiger partial charge in [-0.2, -0.15) is 0 Å². The molecule has 10 heteroatoms. The fraction of sp³-hybridized carbons (Fsp3) is 0.200. The van der Waals surface area contributed by atoms with E-state index in [1.807, 2.05) is 0 Å². The second kappa shape index (κ2) is 8.10. The van der Waals surface area contributed by atoms with Gasteiger partial charge < -0.3 is 15.0 Å². The summed E-state index contributed by atoms with van der Waals surface area (Å²) in [5, 5.41) is 13.5. The van der Waals surface area contributed by atoms with Gasteiger partial charge in [0.2, 0.25) is 10.0 Å². The highest BCUT2D eigenvalue weighted by atomic mass is 35.5. The van der Waals surface area contributed by atoms with E-state index < -0.39 is 21.5 Å². The fourth-order valence-corrected chi connectivity index (χ4v) is 3.66. The molecular weight excluding hydrogens is 428 g/mol. The Labute approximate surface area is 179 Å². The molecule has 2 aromatic heterocycles. The summed E-state index contributed by atoms with van der Waals surface area (Å²) in [5.41, 5.74) is 0.0865. The first-order chi connectivity index (χ1) is 13.9. The van der Waals surface area contributed by atoms with Crippen LogP contribution in [0.25, 0.3) is 5.82 Å². The van der Waals surface area contributed by atoms with Crippen LogP contribution in [-0.4, -0.2) is 35.2 Å². The maximum Gasteiger partial charge on any atom is 0.257 e. The third-order valence-corrected chi connectivity index (χ3v) is 4.89. The lowest BCUT2D eigenvalue weighted by atomic mass is 10.0. The van der Waals surface area contributed by atoms with Crippen molar-refractivity contribution in [3.63, 3.8) is 0 Å². The second-order valence-corrected chi connectivity index (χ2v) is 9.47. The summed E-state index contributed by atoms with van der Waals surface area (Å²) in [6.07, 6.45) is 4.21. The van der Waals surface area contributed by atoms with Crippen molar-refractivity contribution in [2.24, 2.45) is 0 Å². The minimum absolute atomic E-state index is 0.225. The number of aromatic nitrogens is 2. The zero-order valence-corrected chi connectivity index (χ0v) is 18.1. The molecule has 0 aliphatic rings. The highest BCUT2D eigenvalue weighted by Crippen LogP contribution is 2.27. The first-order valence-corrected chi connectivity index (χ1v) is 11.2. The van der Waals surface area contributed by atoms with Gasteiger partial charge in [-0.05, 0) is 50.2 Å². The standard InChI is InChI=1S/C20H21ClN4O4S/c1-20(2,27)17-8-13(12-25(17)18-6-4-5-7-22-18)19(26)23-15-9-14(21)10-16(11-15)24-30(3,28)29/h4-12,24,27H,1-3H3,(H,23,26). The van der Waals surface area contributed by atoms with Crippen molar-refractivity contribution < 1.29 is 18.3 Å². The number of pyridine rings is 1. The number of hydrogen-bond acceptors (Lipinski definition) is 5. The summed E-state index contributed by atoms with van der Waals surface area (Å²) in [5.74, 6) is 0.0961. The third-order valence-electron chi connectivity index (χ3n) is 4.06. The number of benzene rings is 1. The second-order valence-electron chi connectivity index (χ2n) is 7.29. The molecule has 0 fully saturated rings. The van der Waals surface area contributed by atoms with Gasteiger partial charge in [0, 0.05) is 23.1 Å². The molecule has 0 radical (unpaired) electrons. The Kier molecular flexibility index (Phi) is 5.89. The molecular formula is C20H21ClN4O4S. The van der Waals surface area contributed by atoms with Crippen molar-refractivity contribution in [2.45, 2.75) is 19.4 Å². The van der Waals surface area contributed by atoms with Crippen molar-refractivity contribution in [1.29, 1.82) is 0 Å². The van der Waals surface area contributed by atoms with Crippen LogP contribution in [0.15, 0.2) is 54.9 Å². The number of hydrogen-bond donors (Lipinski definition) is 3. The number of nitrogens with zero attached hydrogens (tertiary/aromatic N) is 2. The summed E-state index contributed by atoms with van der Waals surface area (Å²) in [4.78, 5) is 17.1.